The summed E-state index contributed by atoms with van der Waals surface area (Å²) in [4.78, 5) is 33.8. The first-order chi connectivity index (χ1) is 14.0. The van der Waals surface area contributed by atoms with Crippen LogP contribution in [-0.4, -0.2) is 68.2 Å². The zero-order valence-electron chi connectivity index (χ0n) is 17.1. The van der Waals surface area contributed by atoms with Gasteiger partial charge in [-0.1, -0.05) is 12.1 Å². The monoisotopic (exact) mass is 398 g/mol. The highest BCUT2D eigenvalue weighted by Crippen LogP contribution is 2.24. The molecule has 7 heteroatoms. The van der Waals surface area contributed by atoms with Crippen LogP contribution in [0.3, 0.4) is 0 Å². The average molecular weight is 399 g/mol. The standard InChI is InChI=1S/C22H30N4O3/c1-17-6-4-5-11-26(17)20(27)14-24-12-9-22(29,10-13-24)15-25-16-23-19-8-3-2-7-18(19)21(25)28/h2-3,7-8,16-17,29H,4-6,9-15H2,1H3. The van der Waals surface area contributed by atoms with Crippen molar-refractivity contribution in [3.63, 3.8) is 0 Å². The summed E-state index contributed by atoms with van der Waals surface area (Å²) < 4.78 is 1.51. The minimum Gasteiger partial charge on any atom is -0.388 e. The molecule has 4 rings (SSSR count). The van der Waals surface area contributed by atoms with E-state index in [1.165, 1.54) is 17.3 Å². The van der Waals surface area contributed by atoms with E-state index in [2.05, 4.69) is 16.8 Å². The Morgan fingerprint density at radius 3 is 2.72 bits per heavy atom. The van der Waals surface area contributed by atoms with E-state index in [0.717, 1.165) is 19.4 Å². The van der Waals surface area contributed by atoms with Crippen LogP contribution in [0.2, 0.25) is 0 Å². The van der Waals surface area contributed by atoms with Crippen LogP contribution in [0.5, 0.6) is 0 Å². The second-order valence-corrected chi connectivity index (χ2v) is 8.63. The zero-order chi connectivity index (χ0) is 20.4. The third-order valence-electron chi connectivity index (χ3n) is 6.47. The summed E-state index contributed by atoms with van der Waals surface area (Å²) in [6, 6.07) is 7.58. The lowest BCUT2D eigenvalue weighted by atomic mass is 9.91. The Balaban J connectivity index is 1.37. The third kappa shape index (κ3) is 4.36. The maximum atomic E-state index is 12.7. The lowest BCUT2D eigenvalue weighted by molar-refractivity contribution is -0.137. The van der Waals surface area contributed by atoms with Gasteiger partial charge in [0.15, 0.2) is 0 Å². The predicted molar refractivity (Wildman–Crippen MR) is 112 cm³/mol. The highest BCUT2D eigenvalue weighted by molar-refractivity contribution is 5.78. The molecule has 0 spiro atoms. The van der Waals surface area contributed by atoms with Gasteiger partial charge in [-0.05, 0) is 51.2 Å². The summed E-state index contributed by atoms with van der Waals surface area (Å²) in [5.41, 5.74) is -0.409. The number of aliphatic hydroxyl groups is 1. The van der Waals surface area contributed by atoms with Crippen LogP contribution >= 0.6 is 0 Å². The topological polar surface area (TPSA) is 78.7 Å². The maximum Gasteiger partial charge on any atom is 0.261 e. The summed E-state index contributed by atoms with van der Waals surface area (Å²) in [6.07, 6.45) is 5.97. The zero-order valence-corrected chi connectivity index (χ0v) is 17.1. The molecule has 2 aliphatic rings. The number of likely N-dealkylation sites (tertiary alicyclic amines) is 2. The van der Waals surface area contributed by atoms with E-state index in [-0.39, 0.29) is 18.0 Å². The maximum absolute atomic E-state index is 12.7. The van der Waals surface area contributed by atoms with Crippen molar-refractivity contribution in [2.45, 2.75) is 57.2 Å². The van der Waals surface area contributed by atoms with Gasteiger partial charge in [0.2, 0.25) is 5.91 Å². The first-order valence-electron chi connectivity index (χ1n) is 10.6. The minimum absolute atomic E-state index is 0.124. The lowest BCUT2D eigenvalue weighted by Crippen LogP contribution is -2.52. The Labute approximate surface area is 170 Å². The summed E-state index contributed by atoms with van der Waals surface area (Å²) in [6.45, 7) is 4.93. The molecular formula is C22H30N4O3. The number of amides is 1. The number of benzene rings is 1. The van der Waals surface area contributed by atoms with E-state index in [1.54, 1.807) is 6.07 Å². The fraction of sp³-hybridized carbons (Fsp3) is 0.591. The number of fused-ring (bicyclic) bond motifs is 1. The van der Waals surface area contributed by atoms with Crippen LogP contribution in [0.4, 0.5) is 0 Å². The summed E-state index contributed by atoms with van der Waals surface area (Å²) in [5, 5.41) is 11.6. The number of para-hydroxylation sites is 1. The normalized spacial score (nSPS) is 22.7. The number of hydrogen-bond acceptors (Lipinski definition) is 5. The summed E-state index contributed by atoms with van der Waals surface area (Å²) in [7, 11) is 0. The van der Waals surface area contributed by atoms with Gasteiger partial charge in [0.1, 0.15) is 0 Å². The van der Waals surface area contributed by atoms with Crippen molar-refractivity contribution in [3.05, 3.63) is 40.9 Å². The lowest BCUT2D eigenvalue weighted by Gasteiger charge is -2.40. The first kappa shape index (κ1) is 20.0. The van der Waals surface area contributed by atoms with Gasteiger partial charge in [-0.2, -0.15) is 0 Å². The molecule has 1 unspecified atom stereocenters. The van der Waals surface area contributed by atoms with Crippen molar-refractivity contribution in [1.82, 2.24) is 19.4 Å². The quantitative estimate of drug-likeness (QED) is 0.847. The molecule has 3 heterocycles. The molecule has 156 valence electrons. The Hall–Kier alpha value is -2.25. The molecule has 0 aliphatic carbocycles. The van der Waals surface area contributed by atoms with Crippen LogP contribution in [0.1, 0.15) is 39.0 Å². The van der Waals surface area contributed by atoms with E-state index in [1.807, 2.05) is 23.1 Å². The number of hydrogen-bond donors (Lipinski definition) is 1. The largest absolute Gasteiger partial charge is 0.388 e. The number of aromatic nitrogens is 2. The molecule has 0 saturated carbocycles. The van der Waals surface area contributed by atoms with Gasteiger partial charge in [-0.3, -0.25) is 19.1 Å². The number of rotatable bonds is 4. The molecule has 1 aromatic heterocycles. The molecule has 2 fully saturated rings. The smallest absolute Gasteiger partial charge is 0.261 e. The first-order valence-corrected chi connectivity index (χ1v) is 10.6. The highest BCUT2D eigenvalue weighted by atomic mass is 16.3. The molecule has 1 aromatic carbocycles. The Kier molecular flexibility index (Phi) is 5.69. The van der Waals surface area contributed by atoms with Crippen molar-refractivity contribution >= 4 is 16.8 Å². The van der Waals surface area contributed by atoms with Crippen LogP contribution in [-0.2, 0) is 11.3 Å². The van der Waals surface area contributed by atoms with Crippen molar-refractivity contribution in [2.75, 3.05) is 26.2 Å². The SMILES string of the molecule is CC1CCCCN1C(=O)CN1CCC(O)(Cn2cnc3ccccc3c2=O)CC1. The van der Waals surface area contributed by atoms with Gasteiger partial charge in [-0.25, -0.2) is 4.98 Å². The second kappa shape index (κ2) is 8.24. The Bertz CT molecular complexity index is 933. The number of carbonyl (C=O) groups excluding carboxylic acids is 1. The van der Waals surface area contributed by atoms with E-state index in [0.29, 0.717) is 49.4 Å². The van der Waals surface area contributed by atoms with Gasteiger partial charge in [0, 0.05) is 25.7 Å². The molecule has 2 aromatic rings. The molecule has 2 aliphatic heterocycles. The number of piperidine rings is 2. The molecule has 1 atom stereocenters. The molecule has 1 amide bonds. The second-order valence-electron chi connectivity index (χ2n) is 8.63. The Morgan fingerprint density at radius 2 is 1.97 bits per heavy atom. The van der Waals surface area contributed by atoms with Crippen molar-refractivity contribution in [2.24, 2.45) is 0 Å². The summed E-state index contributed by atoms with van der Waals surface area (Å²) >= 11 is 0. The van der Waals surface area contributed by atoms with Gasteiger partial charge in [0.05, 0.1) is 35.9 Å². The van der Waals surface area contributed by atoms with Crippen LogP contribution in [0, 0.1) is 0 Å². The highest BCUT2D eigenvalue weighted by Gasteiger charge is 2.34. The van der Waals surface area contributed by atoms with Gasteiger partial charge < -0.3 is 10.0 Å². The molecule has 0 bridgehead atoms. The summed E-state index contributed by atoms with van der Waals surface area (Å²) in [5.74, 6) is 0.192. The average Bonchev–Trinajstić information content (AvgIpc) is 2.72. The number of nitrogens with zero attached hydrogens (tertiary/aromatic N) is 4. The molecule has 1 N–H and O–H groups in total. The van der Waals surface area contributed by atoms with Crippen LogP contribution in [0.25, 0.3) is 10.9 Å². The molecule has 2 saturated heterocycles. The van der Waals surface area contributed by atoms with Gasteiger partial charge >= 0.3 is 0 Å². The molecular weight excluding hydrogens is 368 g/mol. The fourth-order valence-corrected chi connectivity index (χ4v) is 4.57. The van der Waals surface area contributed by atoms with Gasteiger partial charge in [0.25, 0.3) is 5.56 Å². The predicted octanol–water partition coefficient (Wildman–Crippen LogP) is 1.62. The van der Waals surface area contributed by atoms with Gasteiger partial charge in [-0.15, -0.1) is 0 Å². The minimum atomic E-state index is -0.952. The Morgan fingerprint density at radius 1 is 1.21 bits per heavy atom. The van der Waals surface area contributed by atoms with Crippen LogP contribution in [0.15, 0.2) is 35.4 Å². The fourth-order valence-electron chi connectivity index (χ4n) is 4.57. The van der Waals surface area contributed by atoms with E-state index >= 15 is 0 Å². The van der Waals surface area contributed by atoms with E-state index in [4.69, 9.17) is 0 Å². The van der Waals surface area contributed by atoms with Crippen LogP contribution < -0.4 is 5.56 Å². The van der Waals surface area contributed by atoms with E-state index < -0.39 is 5.60 Å². The molecule has 0 radical (unpaired) electrons. The molecule has 7 nitrogen and oxygen atoms in total. The third-order valence-corrected chi connectivity index (χ3v) is 6.47. The number of carbonyl (C=O) groups is 1. The van der Waals surface area contributed by atoms with E-state index in [9.17, 15) is 14.7 Å². The van der Waals surface area contributed by atoms with Crippen molar-refractivity contribution < 1.29 is 9.90 Å². The van der Waals surface area contributed by atoms with Crippen molar-refractivity contribution in [1.29, 1.82) is 0 Å². The van der Waals surface area contributed by atoms with Crippen molar-refractivity contribution in [3.8, 4) is 0 Å². The molecule has 29 heavy (non-hydrogen) atoms.